The molecule has 0 saturated carbocycles. The lowest BCUT2D eigenvalue weighted by molar-refractivity contribution is -0.137. The second kappa shape index (κ2) is 7.66. The number of hydrogen-bond donors (Lipinski definition) is 1. The fourth-order valence-electron chi connectivity index (χ4n) is 3.59. The van der Waals surface area contributed by atoms with Crippen molar-refractivity contribution in [3.63, 3.8) is 0 Å². The van der Waals surface area contributed by atoms with E-state index in [2.05, 4.69) is 5.32 Å². The van der Waals surface area contributed by atoms with Gasteiger partial charge in [-0.2, -0.15) is 13.2 Å². The zero-order chi connectivity index (χ0) is 20.5. The summed E-state index contributed by atoms with van der Waals surface area (Å²) >= 11 is 0. The van der Waals surface area contributed by atoms with Crippen molar-refractivity contribution in [2.24, 2.45) is 5.92 Å². The number of carbonyl (C=O) groups excluding carboxylic acids is 2. The molecule has 3 rings (SSSR count). The summed E-state index contributed by atoms with van der Waals surface area (Å²) in [5.74, 6) is -0.994. The normalized spacial score (nSPS) is 19.4. The predicted octanol–water partition coefficient (Wildman–Crippen LogP) is 4.59. The van der Waals surface area contributed by atoms with Gasteiger partial charge in [0.2, 0.25) is 5.91 Å². The van der Waals surface area contributed by atoms with Crippen molar-refractivity contribution in [3.8, 4) is 5.75 Å². The molecule has 0 aromatic heterocycles. The van der Waals surface area contributed by atoms with Gasteiger partial charge in [-0.15, -0.1) is 0 Å². The summed E-state index contributed by atoms with van der Waals surface area (Å²) in [6.45, 7) is 1.40. The van der Waals surface area contributed by atoms with Gasteiger partial charge in [-0.05, 0) is 54.8 Å². The van der Waals surface area contributed by atoms with Gasteiger partial charge in [0, 0.05) is 18.0 Å². The second-order valence-electron chi connectivity index (χ2n) is 6.96. The van der Waals surface area contributed by atoms with E-state index in [9.17, 15) is 22.8 Å². The lowest BCUT2D eigenvalue weighted by atomic mass is 9.79. The number of anilines is 1. The van der Waals surface area contributed by atoms with Gasteiger partial charge in [-0.1, -0.05) is 12.1 Å². The highest BCUT2D eigenvalue weighted by Crippen LogP contribution is 2.40. The monoisotopic (exact) mass is 391 g/mol. The van der Waals surface area contributed by atoms with E-state index in [4.69, 9.17) is 4.74 Å². The van der Waals surface area contributed by atoms with Gasteiger partial charge in [-0.3, -0.25) is 4.79 Å². The van der Waals surface area contributed by atoms with Crippen LogP contribution in [0.2, 0.25) is 0 Å². The van der Waals surface area contributed by atoms with Crippen molar-refractivity contribution in [2.75, 3.05) is 12.4 Å². The van der Waals surface area contributed by atoms with E-state index in [0.717, 1.165) is 17.7 Å². The zero-order valence-corrected chi connectivity index (χ0v) is 15.5. The SMILES string of the molecule is COc1ccc(C2Cc3cc(C(F)(F)F)ccc3NC(=O)C2CC(C)=O)cc1. The lowest BCUT2D eigenvalue weighted by Crippen LogP contribution is -2.28. The quantitative estimate of drug-likeness (QED) is 0.830. The van der Waals surface area contributed by atoms with E-state index >= 15 is 0 Å². The Labute approximate surface area is 160 Å². The molecule has 0 radical (unpaired) electrons. The first-order chi connectivity index (χ1) is 13.2. The molecule has 2 aromatic carbocycles. The first kappa shape index (κ1) is 19.9. The van der Waals surface area contributed by atoms with Crippen LogP contribution in [0, 0.1) is 5.92 Å². The highest BCUT2D eigenvalue weighted by atomic mass is 19.4. The highest BCUT2D eigenvalue weighted by molar-refractivity contribution is 5.97. The molecule has 1 aliphatic rings. The Morgan fingerprint density at radius 2 is 1.86 bits per heavy atom. The molecule has 2 unspecified atom stereocenters. The number of hydrogen-bond acceptors (Lipinski definition) is 3. The van der Waals surface area contributed by atoms with Crippen LogP contribution in [0.1, 0.15) is 36.0 Å². The largest absolute Gasteiger partial charge is 0.497 e. The summed E-state index contributed by atoms with van der Waals surface area (Å²) in [7, 11) is 1.53. The number of benzene rings is 2. The van der Waals surface area contributed by atoms with Crippen LogP contribution in [0.15, 0.2) is 42.5 Å². The molecular formula is C21H20F3NO3. The van der Waals surface area contributed by atoms with Gasteiger partial charge in [0.15, 0.2) is 0 Å². The van der Waals surface area contributed by atoms with Crippen molar-refractivity contribution in [1.82, 2.24) is 0 Å². The van der Waals surface area contributed by atoms with Gasteiger partial charge in [0.25, 0.3) is 0 Å². The number of Topliss-reactive ketones (excluding diaryl/α,β-unsaturated/α-hetero) is 1. The van der Waals surface area contributed by atoms with E-state index in [0.29, 0.717) is 17.0 Å². The molecule has 1 heterocycles. The Kier molecular flexibility index (Phi) is 5.45. The molecule has 2 aromatic rings. The summed E-state index contributed by atoms with van der Waals surface area (Å²) in [5.41, 5.74) is 0.754. The van der Waals surface area contributed by atoms with Crippen molar-refractivity contribution in [1.29, 1.82) is 0 Å². The molecule has 28 heavy (non-hydrogen) atoms. The zero-order valence-electron chi connectivity index (χ0n) is 15.5. The van der Waals surface area contributed by atoms with Gasteiger partial charge in [0.05, 0.1) is 18.6 Å². The number of ketones is 1. The minimum atomic E-state index is -4.47. The van der Waals surface area contributed by atoms with E-state index in [-0.39, 0.29) is 24.5 Å². The molecule has 1 aliphatic heterocycles. The molecule has 2 atom stereocenters. The maximum absolute atomic E-state index is 13.1. The molecule has 7 heteroatoms. The molecule has 0 bridgehead atoms. The minimum absolute atomic E-state index is 0.0165. The molecule has 0 fully saturated rings. The van der Waals surface area contributed by atoms with Crippen LogP contribution in [0.25, 0.3) is 0 Å². The highest BCUT2D eigenvalue weighted by Gasteiger charge is 2.36. The number of halogens is 3. The van der Waals surface area contributed by atoms with Crippen LogP contribution in [0.5, 0.6) is 5.75 Å². The molecule has 0 saturated heterocycles. The lowest BCUT2D eigenvalue weighted by Gasteiger charge is -2.23. The standard InChI is InChI=1S/C21H20F3NO3/c1-12(26)9-18-17(13-3-6-16(28-2)7-4-13)11-14-10-15(21(22,23)24)5-8-19(14)25-20(18)27/h3-8,10,17-18H,9,11H2,1-2H3,(H,25,27). The second-order valence-corrected chi connectivity index (χ2v) is 6.96. The fourth-order valence-corrected chi connectivity index (χ4v) is 3.59. The number of amides is 1. The Hall–Kier alpha value is -2.83. The number of ether oxygens (including phenoxy) is 1. The Bertz CT molecular complexity index is 891. The summed E-state index contributed by atoms with van der Waals surface area (Å²) in [5, 5.41) is 2.70. The molecule has 1 amide bonds. The topological polar surface area (TPSA) is 55.4 Å². The number of carbonyl (C=O) groups is 2. The van der Waals surface area contributed by atoms with Crippen LogP contribution in [0.4, 0.5) is 18.9 Å². The van der Waals surface area contributed by atoms with E-state index in [1.54, 1.807) is 24.3 Å². The number of methoxy groups -OCH3 is 1. The molecule has 0 spiro atoms. The first-order valence-electron chi connectivity index (χ1n) is 8.83. The molecule has 1 N–H and O–H groups in total. The van der Waals surface area contributed by atoms with E-state index in [1.807, 2.05) is 0 Å². The van der Waals surface area contributed by atoms with Crippen LogP contribution in [-0.4, -0.2) is 18.8 Å². The van der Waals surface area contributed by atoms with Crippen molar-refractivity contribution in [2.45, 2.75) is 31.9 Å². The van der Waals surface area contributed by atoms with Crippen molar-refractivity contribution >= 4 is 17.4 Å². The number of nitrogens with one attached hydrogen (secondary N) is 1. The minimum Gasteiger partial charge on any atom is -0.497 e. The summed E-state index contributed by atoms with van der Waals surface area (Å²) in [6, 6.07) is 10.3. The van der Waals surface area contributed by atoms with Crippen LogP contribution >= 0.6 is 0 Å². The molecule has 0 aliphatic carbocycles. The van der Waals surface area contributed by atoms with Gasteiger partial charge >= 0.3 is 6.18 Å². The van der Waals surface area contributed by atoms with Crippen LogP contribution in [-0.2, 0) is 22.2 Å². The Morgan fingerprint density at radius 3 is 2.43 bits per heavy atom. The predicted molar refractivity (Wildman–Crippen MR) is 98.3 cm³/mol. The van der Waals surface area contributed by atoms with Crippen LogP contribution in [0.3, 0.4) is 0 Å². The van der Waals surface area contributed by atoms with Crippen molar-refractivity contribution < 1.29 is 27.5 Å². The number of alkyl halides is 3. The smallest absolute Gasteiger partial charge is 0.416 e. The Balaban J connectivity index is 2.06. The summed E-state index contributed by atoms with van der Waals surface area (Å²) < 4.78 is 44.6. The molecule has 4 nitrogen and oxygen atoms in total. The Morgan fingerprint density at radius 1 is 1.18 bits per heavy atom. The van der Waals surface area contributed by atoms with Crippen molar-refractivity contribution in [3.05, 3.63) is 59.2 Å². The van der Waals surface area contributed by atoms with Gasteiger partial charge in [0.1, 0.15) is 11.5 Å². The van der Waals surface area contributed by atoms with E-state index in [1.165, 1.54) is 20.1 Å². The average molecular weight is 391 g/mol. The number of rotatable bonds is 4. The van der Waals surface area contributed by atoms with Crippen LogP contribution < -0.4 is 10.1 Å². The maximum Gasteiger partial charge on any atom is 0.416 e. The summed E-state index contributed by atoms with van der Waals surface area (Å²) in [6.07, 6.45) is -4.25. The fraction of sp³-hybridized carbons (Fsp3) is 0.333. The molecular weight excluding hydrogens is 371 g/mol. The third kappa shape index (κ3) is 4.18. The first-order valence-corrected chi connectivity index (χ1v) is 8.83. The third-order valence-corrected chi connectivity index (χ3v) is 5.00. The maximum atomic E-state index is 13.1. The molecule has 148 valence electrons. The third-order valence-electron chi connectivity index (χ3n) is 5.00. The number of fused-ring (bicyclic) bond motifs is 1. The summed E-state index contributed by atoms with van der Waals surface area (Å²) in [4.78, 5) is 24.5. The van der Waals surface area contributed by atoms with E-state index < -0.39 is 23.6 Å². The van der Waals surface area contributed by atoms with Gasteiger partial charge in [-0.25, -0.2) is 0 Å². The van der Waals surface area contributed by atoms with Gasteiger partial charge < -0.3 is 14.8 Å². The average Bonchev–Trinajstić information content (AvgIpc) is 2.77.